The Morgan fingerprint density at radius 1 is 1.27 bits per heavy atom. The Bertz CT molecular complexity index is 187. The molecule has 0 aromatic rings. The quantitative estimate of drug-likeness (QED) is 0.362. The van der Waals surface area contributed by atoms with E-state index in [2.05, 4.69) is 25.7 Å². The van der Waals surface area contributed by atoms with Gasteiger partial charge in [-0.1, -0.05) is 39.5 Å². The van der Waals surface area contributed by atoms with Crippen LogP contribution in [0.4, 0.5) is 0 Å². The van der Waals surface area contributed by atoms with Crippen molar-refractivity contribution in [2.45, 2.75) is 52.4 Å². The van der Waals surface area contributed by atoms with Crippen LogP contribution in [0.2, 0.25) is 0 Å². The minimum absolute atomic E-state index is 0.889. The van der Waals surface area contributed by atoms with Gasteiger partial charge < -0.3 is 5.73 Å². The molecule has 0 rings (SSSR count). The van der Waals surface area contributed by atoms with Crippen LogP contribution in [0.3, 0.4) is 0 Å². The van der Waals surface area contributed by atoms with E-state index < -0.39 is 0 Å². The van der Waals surface area contributed by atoms with Crippen molar-refractivity contribution in [2.75, 3.05) is 6.54 Å². The largest absolute Gasteiger partial charge is 0.401 e. The number of hydrogen-bond acceptors (Lipinski definition) is 3. The van der Waals surface area contributed by atoms with Crippen LogP contribution < -0.4 is 5.73 Å². The smallest absolute Gasteiger partial charge is 0.0419 e. The van der Waals surface area contributed by atoms with Crippen molar-refractivity contribution in [2.24, 2.45) is 10.8 Å². The molecule has 0 heterocycles. The molecule has 2 N–H and O–H groups in total. The SMILES string of the molecule is C=NN(/C=C(\N)CCC)CCCCCC. The number of hydrazone groups is 1. The summed E-state index contributed by atoms with van der Waals surface area (Å²) < 4.78 is 0. The maximum atomic E-state index is 5.82. The number of rotatable bonds is 9. The molecule has 0 amide bonds. The van der Waals surface area contributed by atoms with Crippen molar-refractivity contribution in [1.29, 1.82) is 0 Å². The molecule has 0 aliphatic heterocycles. The molecule has 0 aromatic heterocycles. The van der Waals surface area contributed by atoms with Crippen LogP contribution in [0.1, 0.15) is 52.4 Å². The highest BCUT2D eigenvalue weighted by Gasteiger charge is 1.97. The molecule has 0 aromatic carbocycles. The van der Waals surface area contributed by atoms with Crippen LogP contribution in [0.15, 0.2) is 17.0 Å². The fraction of sp³-hybridized carbons (Fsp3) is 0.750. The van der Waals surface area contributed by atoms with E-state index in [1.165, 1.54) is 19.3 Å². The Morgan fingerprint density at radius 2 is 2.00 bits per heavy atom. The predicted octanol–water partition coefficient (Wildman–Crippen LogP) is 3.08. The molecule has 0 unspecified atom stereocenters. The summed E-state index contributed by atoms with van der Waals surface area (Å²) in [4.78, 5) is 0. The second-order valence-electron chi connectivity index (χ2n) is 3.82. The number of unbranched alkanes of at least 4 members (excludes halogenated alkanes) is 3. The molecule has 15 heavy (non-hydrogen) atoms. The molecule has 0 aliphatic carbocycles. The molecule has 0 spiro atoms. The summed E-state index contributed by atoms with van der Waals surface area (Å²) in [5.74, 6) is 0. The zero-order valence-electron chi connectivity index (χ0n) is 10.2. The third-order valence-electron chi connectivity index (χ3n) is 2.28. The average Bonchev–Trinajstić information content (AvgIpc) is 2.23. The number of allylic oxidation sites excluding steroid dienone is 1. The van der Waals surface area contributed by atoms with Crippen molar-refractivity contribution in [1.82, 2.24) is 5.01 Å². The fourth-order valence-electron chi connectivity index (χ4n) is 1.42. The molecule has 3 nitrogen and oxygen atoms in total. The minimum Gasteiger partial charge on any atom is -0.401 e. The van der Waals surface area contributed by atoms with Crippen LogP contribution in [-0.2, 0) is 0 Å². The lowest BCUT2D eigenvalue weighted by molar-refractivity contribution is 0.381. The Balaban J connectivity index is 3.81. The first-order valence-electron chi connectivity index (χ1n) is 5.94. The first-order valence-corrected chi connectivity index (χ1v) is 5.94. The predicted molar refractivity (Wildman–Crippen MR) is 67.6 cm³/mol. The Labute approximate surface area is 94.0 Å². The lowest BCUT2D eigenvalue weighted by Gasteiger charge is -2.14. The van der Waals surface area contributed by atoms with E-state index in [9.17, 15) is 0 Å². The maximum Gasteiger partial charge on any atom is 0.0419 e. The van der Waals surface area contributed by atoms with Gasteiger partial charge in [-0.25, -0.2) is 0 Å². The van der Waals surface area contributed by atoms with Gasteiger partial charge in [-0.15, -0.1) is 0 Å². The topological polar surface area (TPSA) is 41.6 Å². The van der Waals surface area contributed by atoms with Gasteiger partial charge >= 0.3 is 0 Å². The normalized spacial score (nSPS) is 11.5. The lowest BCUT2D eigenvalue weighted by atomic mass is 10.2. The van der Waals surface area contributed by atoms with Gasteiger partial charge in [-0.2, -0.15) is 5.10 Å². The van der Waals surface area contributed by atoms with Gasteiger partial charge in [-0.3, -0.25) is 5.01 Å². The number of nitrogens with two attached hydrogens (primary N) is 1. The first kappa shape index (κ1) is 14.0. The van der Waals surface area contributed by atoms with Gasteiger partial charge in [0.05, 0.1) is 0 Å². The molecule has 0 radical (unpaired) electrons. The third kappa shape index (κ3) is 8.03. The molecular weight excluding hydrogens is 186 g/mol. The van der Waals surface area contributed by atoms with Crippen LogP contribution in [0.5, 0.6) is 0 Å². The molecule has 0 atom stereocenters. The van der Waals surface area contributed by atoms with E-state index in [4.69, 9.17) is 5.73 Å². The summed E-state index contributed by atoms with van der Waals surface area (Å²) in [7, 11) is 0. The monoisotopic (exact) mass is 211 g/mol. The van der Waals surface area contributed by atoms with Crippen molar-refractivity contribution < 1.29 is 0 Å². The highest BCUT2D eigenvalue weighted by Crippen LogP contribution is 2.04. The van der Waals surface area contributed by atoms with E-state index in [-0.39, 0.29) is 0 Å². The summed E-state index contributed by atoms with van der Waals surface area (Å²) in [6.45, 7) is 8.80. The number of hydrogen-bond donors (Lipinski definition) is 1. The van der Waals surface area contributed by atoms with E-state index >= 15 is 0 Å². The van der Waals surface area contributed by atoms with Crippen LogP contribution >= 0.6 is 0 Å². The van der Waals surface area contributed by atoms with E-state index in [0.29, 0.717) is 0 Å². The minimum atomic E-state index is 0.889. The standard InChI is InChI=1S/C12H25N3/c1-4-6-7-8-10-15(14-3)11-12(13)9-5-2/h11H,3-10,13H2,1-2H3/b12-11-. The van der Waals surface area contributed by atoms with Crippen molar-refractivity contribution in [3.05, 3.63) is 11.9 Å². The summed E-state index contributed by atoms with van der Waals surface area (Å²) >= 11 is 0. The molecule has 88 valence electrons. The summed E-state index contributed by atoms with van der Waals surface area (Å²) in [6, 6.07) is 0. The van der Waals surface area contributed by atoms with Gasteiger partial charge in [0, 0.05) is 25.2 Å². The lowest BCUT2D eigenvalue weighted by Crippen LogP contribution is -2.14. The Kier molecular flexibility index (Phi) is 8.93. The molecule has 3 heteroatoms. The summed E-state index contributed by atoms with van der Waals surface area (Å²) in [5.41, 5.74) is 6.71. The van der Waals surface area contributed by atoms with Crippen LogP contribution in [-0.4, -0.2) is 18.3 Å². The van der Waals surface area contributed by atoms with Crippen molar-refractivity contribution >= 4 is 6.72 Å². The molecular formula is C12H25N3. The van der Waals surface area contributed by atoms with Crippen LogP contribution in [0.25, 0.3) is 0 Å². The average molecular weight is 211 g/mol. The highest BCUT2D eigenvalue weighted by molar-refractivity contribution is 5.23. The van der Waals surface area contributed by atoms with E-state index in [1.807, 2.05) is 11.2 Å². The van der Waals surface area contributed by atoms with Gasteiger partial charge in [0.25, 0.3) is 0 Å². The van der Waals surface area contributed by atoms with Crippen molar-refractivity contribution in [3.63, 3.8) is 0 Å². The van der Waals surface area contributed by atoms with Crippen molar-refractivity contribution in [3.8, 4) is 0 Å². The van der Waals surface area contributed by atoms with Gasteiger partial charge in [0.1, 0.15) is 0 Å². The fourth-order valence-corrected chi connectivity index (χ4v) is 1.42. The zero-order chi connectivity index (χ0) is 11.5. The zero-order valence-corrected chi connectivity index (χ0v) is 10.2. The highest BCUT2D eigenvalue weighted by atomic mass is 15.4. The second-order valence-corrected chi connectivity index (χ2v) is 3.82. The van der Waals surface area contributed by atoms with Gasteiger partial charge in [-0.05, 0) is 12.8 Å². The Hall–Kier alpha value is -0.990. The van der Waals surface area contributed by atoms with Gasteiger partial charge in [0.2, 0.25) is 0 Å². The molecule has 0 fully saturated rings. The van der Waals surface area contributed by atoms with E-state index in [0.717, 1.165) is 31.5 Å². The second kappa shape index (κ2) is 9.56. The summed E-state index contributed by atoms with van der Waals surface area (Å²) in [5, 5.41) is 5.78. The molecule has 0 bridgehead atoms. The summed E-state index contributed by atoms with van der Waals surface area (Å²) in [6.07, 6.45) is 8.87. The Morgan fingerprint density at radius 3 is 2.53 bits per heavy atom. The molecule has 0 aliphatic rings. The van der Waals surface area contributed by atoms with E-state index in [1.54, 1.807) is 0 Å². The maximum absolute atomic E-state index is 5.82. The third-order valence-corrected chi connectivity index (χ3v) is 2.28. The first-order chi connectivity index (χ1) is 7.24. The molecule has 0 saturated heterocycles. The van der Waals surface area contributed by atoms with Crippen LogP contribution in [0, 0.1) is 0 Å². The number of nitrogens with zero attached hydrogens (tertiary/aromatic N) is 2. The molecule has 0 saturated carbocycles. The van der Waals surface area contributed by atoms with Gasteiger partial charge in [0.15, 0.2) is 0 Å².